The van der Waals surface area contributed by atoms with Gasteiger partial charge in [-0.15, -0.1) is 0 Å². The number of H-pyrrole nitrogens is 1. The molecule has 0 aliphatic carbocycles. The molecule has 1 aromatic heterocycles. The average molecular weight is 329 g/mol. The summed E-state index contributed by atoms with van der Waals surface area (Å²) in [6, 6.07) is 8.01. The van der Waals surface area contributed by atoms with Crippen molar-refractivity contribution in [2.45, 2.75) is 32.6 Å². The fourth-order valence-electron chi connectivity index (χ4n) is 2.57. The van der Waals surface area contributed by atoms with Crippen molar-refractivity contribution in [3.8, 4) is 0 Å². The molecule has 0 saturated carbocycles. The number of nitrogens with one attached hydrogen (secondary N) is 2. The summed E-state index contributed by atoms with van der Waals surface area (Å²) in [5, 5.41) is 3.89. The normalized spacial score (nSPS) is 11.4. The Morgan fingerprint density at radius 1 is 1.25 bits per heavy atom. The number of aromatic nitrogens is 1. The highest BCUT2D eigenvalue weighted by Crippen LogP contribution is 2.20. The number of fused-ring (bicyclic) bond motifs is 1. The second-order valence-corrected chi connectivity index (χ2v) is 6.78. The van der Waals surface area contributed by atoms with E-state index in [0.29, 0.717) is 30.9 Å². The lowest BCUT2D eigenvalue weighted by Crippen LogP contribution is -2.31. The van der Waals surface area contributed by atoms with E-state index in [9.17, 15) is 9.59 Å². The van der Waals surface area contributed by atoms with Crippen LogP contribution < -0.4 is 10.9 Å². The molecule has 2 rings (SSSR count). The SMILES string of the molecule is CC(C)c1ccc2[nH]c(=O)c(CCC(=O)NCCN(C)C)cc2c1. The first kappa shape index (κ1) is 18.2. The van der Waals surface area contributed by atoms with E-state index in [1.54, 1.807) is 0 Å². The standard InChI is InChI=1S/C19H27N3O2/c1-13(2)14-5-7-17-16(11-14)12-15(19(24)21-17)6-8-18(23)20-9-10-22(3)4/h5,7,11-13H,6,8-10H2,1-4H3,(H,20,23)(H,21,24). The van der Waals surface area contributed by atoms with Gasteiger partial charge in [0.15, 0.2) is 0 Å². The summed E-state index contributed by atoms with van der Waals surface area (Å²) < 4.78 is 0. The van der Waals surface area contributed by atoms with Crippen LogP contribution in [0, 0.1) is 0 Å². The van der Waals surface area contributed by atoms with Gasteiger partial charge in [-0.2, -0.15) is 0 Å². The van der Waals surface area contributed by atoms with Crippen LogP contribution in [-0.4, -0.2) is 43.0 Å². The molecule has 2 N–H and O–H groups in total. The lowest BCUT2D eigenvalue weighted by atomic mass is 10.00. The molecule has 0 radical (unpaired) electrons. The zero-order chi connectivity index (χ0) is 17.7. The summed E-state index contributed by atoms with van der Waals surface area (Å²) in [5.41, 5.74) is 2.62. The second kappa shape index (κ2) is 8.11. The topological polar surface area (TPSA) is 65.2 Å². The summed E-state index contributed by atoms with van der Waals surface area (Å²) >= 11 is 0. The molecule has 0 aliphatic rings. The number of hydrogen-bond acceptors (Lipinski definition) is 3. The van der Waals surface area contributed by atoms with Gasteiger partial charge in [-0.3, -0.25) is 9.59 Å². The highest BCUT2D eigenvalue weighted by Gasteiger charge is 2.08. The van der Waals surface area contributed by atoms with E-state index in [1.807, 2.05) is 37.2 Å². The van der Waals surface area contributed by atoms with Crippen molar-refractivity contribution in [2.24, 2.45) is 0 Å². The number of amides is 1. The average Bonchev–Trinajstić information content (AvgIpc) is 2.52. The van der Waals surface area contributed by atoms with E-state index in [0.717, 1.165) is 17.4 Å². The van der Waals surface area contributed by atoms with E-state index in [-0.39, 0.29) is 11.5 Å². The summed E-state index contributed by atoms with van der Waals surface area (Å²) in [6.07, 6.45) is 0.775. The Bertz CT molecular complexity index is 763. The molecule has 0 spiro atoms. The number of aromatic amines is 1. The van der Waals surface area contributed by atoms with Crippen molar-refractivity contribution in [2.75, 3.05) is 27.2 Å². The Balaban J connectivity index is 2.07. The minimum atomic E-state index is -0.110. The predicted molar refractivity (Wildman–Crippen MR) is 98.5 cm³/mol. The number of likely N-dealkylation sites (N-methyl/N-ethyl adjacent to an activating group) is 1. The van der Waals surface area contributed by atoms with Gasteiger partial charge in [0.1, 0.15) is 0 Å². The van der Waals surface area contributed by atoms with E-state index >= 15 is 0 Å². The van der Waals surface area contributed by atoms with Gasteiger partial charge in [0.05, 0.1) is 0 Å². The lowest BCUT2D eigenvalue weighted by Gasteiger charge is -2.10. The first-order valence-corrected chi connectivity index (χ1v) is 8.44. The zero-order valence-electron chi connectivity index (χ0n) is 15.0. The number of aryl methyl sites for hydroxylation is 1. The Labute approximate surface area is 143 Å². The third-order valence-corrected chi connectivity index (χ3v) is 4.11. The number of hydrogen-bond donors (Lipinski definition) is 2. The predicted octanol–water partition coefficient (Wildman–Crippen LogP) is 2.26. The molecule has 2 aromatic rings. The Hall–Kier alpha value is -2.14. The van der Waals surface area contributed by atoms with Gasteiger partial charge in [0.25, 0.3) is 5.56 Å². The molecular formula is C19H27N3O2. The first-order valence-electron chi connectivity index (χ1n) is 8.44. The molecule has 0 fully saturated rings. The monoisotopic (exact) mass is 329 g/mol. The maximum Gasteiger partial charge on any atom is 0.251 e. The maximum absolute atomic E-state index is 12.2. The maximum atomic E-state index is 12.2. The van der Waals surface area contributed by atoms with Crippen LogP contribution in [0.15, 0.2) is 29.1 Å². The van der Waals surface area contributed by atoms with Crippen LogP contribution >= 0.6 is 0 Å². The molecule has 130 valence electrons. The van der Waals surface area contributed by atoms with Crippen LogP contribution in [0.25, 0.3) is 10.9 Å². The molecule has 24 heavy (non-hydrogen) atoms. The smallest absolute Gasteiger partial charge is 0.251 e. The number of rotatable bonds is 7. The zero-order valence-corrected chi connectivity index (χ0v) is 15.0. The molecule has 1 heterocycles. The van der Waals surface area contributed by atoms with E-state index in [4.69, 9.17) is 0 Å². The first-order chi connectivity index (χ1) is 11.4. The fraction of sp³-hybridized carbons (Fsp3) is 0.474. The van der Waals surface area contributed by atoms with Crippen LogP contribution in [0.5, 0.6) is 0 Å². The molecule has 5 heteroatoms. The van der Waals surface area contributed by atoms with Crippen molar-refractivity contribution in [1.29, 1.82) is 0 Å². The third kappa shape index (κ3) is 4.93. The quantitative estimate of drug-likeness (QED) is 0.819. The van der Waals surface area contributed by atoms with Crippen LogP contribution in [0.1, 0.15) is 37.3 Å². The number of pyridine rings is 1. The highest BCUT2D eigenvalue weighted by molar-refractivity contribution is 5.80. The minimum Gasteiger partial charge on any atom is -0.355 e. The highest BCUT2D eigenvalue weighted by atomic mass is 16.1. The van der Waals surface area contributed by atoms with Crippen LogP contribution in [0.2, 0.25) is 0 Å². The molecule has 0 saturated heterocycles. The summed E-state index contributed by atoms with van der Waals surface area (Å²) in [4.78, 5) is 29.0. The van der Waals surface area contributed by atoms with Crippen LogP contribution in [-0.2, 0) is 11.2 Å². The summed E-state index contributed by atoms with van der Waals surface area (Å²) in [7, 11) is 3.93. The molecule has 1 aromatic carbocycles. The molecule has 0 aliphatic heterocycles. The van der Waals surface area contributed by atoms with Gasteiger partial charge in [0.2, 0.25) is 5.91 Å². The van der Waals surface area contributed by atoms with Crippen molar-refractivity contribution in [3.63, 3.8) is 0 Å². The Kier molecular flexibility index (Phi) is 6.15. The van der Waals surface area contributed by atoms with Crippen molar-refractivity contribution >= 4 is 16.8 Å². The minimum absolute atomic E-state index is 0.0210. The second-order valence-electron chi connectivity index (χ2n) is 6.78. The molecule has 5 nitrogen and oxygen atoms in total. The van der Waals surface area contributed by atoms with Gasteiger partial charge in [-0.1, -0.05) is 19.9 Å². The lowest BCUT2D eigenvalue weighted by molar-refractivity contribution is -0.121. The number of nitrogens with zero attached hydrogens (tertiary/aromatic N) is 1. The molecule has 1 amide bonds. The molecule has 0 unspecified atom stereocenters. The third-order valence-electron chi connectivity index (χ3n) is 4.11. The molecule has 0 bridgehead atoms. The number of benzene rings is 1. The van der Waals surface area contributed by atoms with Gasteiger partial charge in [0, 0.05) is 30.6 Å². The number of carbonyl (C=O) groups excluding carboxylic acids is 1. The van der Waals surface area contributed by atoms with E-state index in [1.165, 1.54) is 5.56 Å². The largest absolute Gasteiger partial charge is 0.355 e. The van der Waals surface area contributed by atoms with Gasteiger partial charge >= 0.3 is 0 Å². The Morgan fingerprint density at radius 2 is 2.00 bits per heavy atom. The molecule has 0 atom stereocenters. The van der Waals surface area contributed by atoms with Crippen LogP contribution in [0.3, 0.4) is 0 Å². The van der Waals surface area contributed by atoms with Crippen molar-refractivity contribution in [3.05, 3.63) is 45.7 Å². The number of carbonyl (C=O) groups is 1. The fourth-order valence-corrected chi connectivity index (χ4v) is 2.57. The summed E-state index contributed by atoms with van der Waals surface area (Å²) in [6.45, 7) is 5.72. The van der Waals surface area contributed by atoms with Crippen LogP contribution in [0.4, 0.5) is 0 Å². The van der Waals surface area contributed by atoms with E-state index in [2.05, 4.69) is 30.2 Å². The van der Waals surface area contributed by atoms with Gasteiger partial charge < -0.3 is 15.2 Å². The summed E-state index contributed by atoms with van der Waals surface area (Å²) in [5.74, 6) is 0.416. The van der Waals surface area contributed by atoms with Gasteiger partial charge in [-0.25, -0.2) is 0 Å². The van der Waals surface area contributed by atoms with E-state index < -0.39 is 0 Å². The van der Waals surface area contributed by atoms with Crippen molar-refractivity contribution < 1.29 is 4.79 Å². The Morgan fingerprint density at radius 3 is 2.67 bits per heavy atom. The van der Waals surface area contributed by atoms with Gasteiger partial charge in [-0.05, 0) is 55.6 Å². The molecular weight excluding hydrogens is 302 g/mol. The van der Waals surface area contributed by atoms with Crippen molar-refractivity contribution in [1.82, 2.24) is 15.2 Å².